The Hall–Kier alpha value is -0.570. The number of benzene rings is 1. The van der Waals surface area contributed by atoms with E-state index >= 15 is 0 Å². The first-order valence-corrected chi connectivity index (χ1v) is 4.80. The van der Waals surface area contributed by atoms with Gasteiger partial charge < -0.3 is 5.11 Å². The number of hydrogen-bond acceptors (Lipinski definition) is 1. The lowest BCUT2D eigenvalue weighted by Gasteiger charge is -2.20. The summed E-state index contributed by atoms with van der Waals surface area (Å²) in [7, 11) is 0. The number of aromatic hydroxyl groups is 1. The van der Waals surface area contributed by atoms with Crippen molar-refractivity contribution in [3.63, 3.8) is 0 Å². The average Bonchev–Trinajstić information content (AvgIpc) is 1.94. The van der Waals surface area contributed by atoms with Crippen molar-refractivity contribution in [3.05, 3.63) is 28.0 Å². The van der Waals surface area contributed by atoms with Crippen molar-refractivity contribution in [2.24, 2.45) is 0 Å². The second-order valence-electron chi connectivity index (χ2n) is 4.03. The summed E-state index contributed by atoms with van der Waals surface area (Å²) in [5.41, 5.74) is 0.718. The highest BCUT2D eigenvalue weighted by atomic mass is 79.9. The number of phenols is 1. The second-order valence-corrected chi connectivity index (χ2v) is 4.89. The Bertz CT molecular complexity index is 328. The third-order valence-electron chi connectivity index (χ3n) is 1.84. The molecule has 0 aromatic heterocycles. The lowest BCUT2D eigenvalue weighted by Crippen LogP contribution is -2.12. The van der Waals surface area contributed by atoms with Crippen LogP contribution in [0.1, 0.15) is 26.3 Å². The van der Waals surface area contributed by atoms with E-state index in [0.717, 1.165) is 10.0 Å². The van der Waals surface area contributed by atoms with Crippen LogP contribution in [0.4, 0.5) is 4.39 Å². The first kappa shape index (κ1) is 10.5. The molecule has 0 atom stereocenters. The van der Waals surface area contributed by atoms with Gasteiger partial charge in [0.2, 0.25) is 0 Å². The predicted octanol–water partition coefficient (Wildman–Crippen LogP) is 3.59. The van der Waals surface area contributed by atoms with Crippen LogP contribution in [0, 0.1) is 5.82 Å². The van der Waals surface area contributed by atoms with Gasteiger partial charge in [0.25, 0.3) is 0 Å². The molecule has 0 saturated carbocycles. The van der Waals surface area contributed by atoms with E-state index in [4.69, 9.17) is 5.11 Å². The van der Waals surface area contributed by atoms with Crippen LogP contribution >= 0.6 is 15.9 Å². The number of phenolic OH excluding ortho intramolecular Hbond substituents is 1. The Kier molecular flexibility index (Phi) is 2.66. The van der Waals surface area contributed by atoms with Gasteiger partial charge in [0.05, 0.1) is 0 Å². The van der Waals surface area contributed by atoms with E-state index in [9.17, 15) is 4.39 Å². The third-order valence-corrected chi connectivity index (χ3v) is 2.50. The van der Waals surface area contributed by atoms with Gasteiger partial charge >= 0.3 is 0 Å². The van der Waals surface area contributed by atoms with Crippen molar-refractivity contribution in [1.82, 2.24) is 0 Å². The molecule has 0 radical (unpaired) electrons. The summed E-state index contributed by atoms with van der Waals surface area (Å²) in [6.07, 6.45) is 0. The zero-order valence-electron chi connectivity index (χ0n) is 7.86. The fourth-order valence-corrected chi connectivity index (χ4v) is 2.04. The van der Waals surface area contributed by atoms with Crippen LogP contribution in [0.25, 0.3) is 0 Å². The second kappa shape index (κ2) is 3.29. The molecule has 1 aromatic rings. The molecular formula is C10H12BrFO. The molecule has 0 saturated heterocycles. The van der Waals surface area contributed by atoms with Crippen LogP contribution in [0.15, 0.2) is 16.6 Å². The van der Waals surface area contributed by atoms with Crippen molar-refractivity contribution in [1.29, 1.82) is 0 Å². The Morgan fingerprint density at radius 3 is 2.31 bits per heavy atom. The SMILES string of the molecule is CC(C)(C)c1cc(F)c(O)cc1Br. The van der Waals surface area contributed by atoms with Crippen LogP contribution in [0.3, 0.4) is 0 Å². The quantitative estimate of drug-likeness (QED) is 0.742. The highest BCUT2D eigenvalue weighted by molar-refractivity contribution is 9.10. The Morgan fingerprint density at radius 1 is 1.31 bits per heavy atom. The molecule has 3 heteroatoms. The standard InChI is InChI=1S/C10H12BrFO/c1-10(2,3)6-4-8(12)9(13)5-7(6)11/h4-5,13H,1-3H3. The summed E-state index contributed by atoms with van der Waals surface area (Å²) in [4.78, 5) is 0. The molecule has 0 amide bonds. The molecule has 0 heterocycles. The molecule has 1 aromatic carbocycles. The number of halogens is 2. The minimum atomic E-state index is -0.576. The van der Waals surface area contributed by atoms with Crippen LogP contribution in [0.5, 0.6) is 5.75 Å². The molecule has 1 N–H and O–H groups in total. The molecule has 0 bridgehead atoms. The average molecular weight is 247 g/mol. The predicted molar refractivity (Wildman–Crippen MR) is 54.5 cm³/mol. The minimum absolute atomic E-state index is 0.132. The molecule has 72 valence electrons. The lowest BCUT2D eigenvalue weighted by molar-refractivity contribution is 0.429. The van der Waals surface area contributed by atoms with Gasteiger partial charge in [-0.05, 0) is 23.1 Å². The summed E-state index contributed by atoms with van der Waals surface area (Å²) in [6, 6.07) is 2.75. The van der Waals surface area contributed by atoms with Gasteiger partial charge in [-0.2, -0.15) is 0 Å². The first-order chi connectivity index (χ1) is 5.82. The monoisotopic (exact) mass is 246 g/mol. The Balaban J connectivity index is 3.32. The van der Waals surface area contributed by atoms with E-state index in [1.165, 1.54) is 12.1 Å². The van der Waals surface area contributed by atoms with Gasteiger partial charge in [0.15, 0.2) is 11.6 Å². The molecule has 1 nitrogen and oxygen atoms in total. The van der Waals surface area contributed by atoms with Gasteiger partial charge in [-0.3, -0.25) is 0 Å². The maximum atomic E-state index is 13.0. The normalized spacial score (nSPS) is 11.8. The zero-order valence-corrected chi connectivity index (χ0v) is 9.44. The minimum Gasteiger partial charge on any atom is -0.505 e. The van der Waals surface area contributed by atoms with E-state index in [-0.39, 0.29) is 11.2 Å². The first-order valence-electron chi connectivity index (χ1n) is 4.01. The molecule has 1 rings (SSSR count). The number of hydrogen-bond donors (Lipinski definition) is 1. The zero-order chi connectivity index (χ0) is 10.2. The van der Waals surface area contributed by atoms with E-state index < -0.39 is 5.82 Å². The fourth-order valence-electron chi connectivity index (χ4n) is 1.11. The molecule has 13 heavy (non-hydrogen) atoms. The van der Waals surface area contributed by atoms with E-state index in [0.29, 0.717) is 0 Å². The van der Waals surface area contributed by atoms with E-state index in [2.05, 4.69) is 15.9 Å². The molecule has 0 unspecified atom stereocenters. The van der Waals surface area contributed by atoms with Crippen molar-refractivity contribution >= 4 is 15.9 Å². The summed E-state index contributed by atoms with van der Waals surface area (Å²) in [5, 5.41) is 9.09. The maximum absolute atomic E-state index is 13.0. The van der Waals surface area contributed by atoms with E-state index in [1.807, 2.05) is 20.8 Å². The van der Waals surface area contributed by atoms with Gasteiger partial charge in [-0.1, -0.05) is 36.7 Å². The maximum Gasteiger partial charge on any atom is 0.165 e. The molecule has 0 aliphatic rings. The lowest BCUT2D eigenvalue weighted by atomic mass is 9.87. The highest BCUT2D eigenvalue weighted by Crippen LogP contribution is 2.33. The van der Waals surface area contributed by atoms with Gasteiger partial charge in [-0.15, -0.1) is 0 Å². The summed E-state index contributed by atoms with van der Waals surface area (Å²) < 4.78 is 13.8. The van der Waals surface area contributed by atoms with E-state index in [1.54, 1.807) is 0 Å². The molecule has 0 aliphatic carbocycles. The Labute approximate surface area is 85.7 Å². The smallest absolute Gasteiger partial charge is 0.165 e. The highest BCUT2D eigenvalue weighted by Gasteiger charge is 2.19. The summed E-state index contributed by atoms with van der Waals surface area (Å²) in [5.74, 6) is -0.895. The summed E-state index contributed by atoms with van der Waals surface area (Å²) in [6.45, 7) is 5.97. The number of rotatable bonds is 0. The molecule has 0 spiro atoms. The van der Waals surface area contributed by atoms with Crippen LogP contribution in [-0.2, 0) is 5.41 Å². The fraction of sp³-hybridized carbons (Fsp3) is 0.400. The van der Waals surface area contributed by atoms with Gasteiger partial charge in [0.1, 0.15) is 0 Å². The molecular weight excluding hydrogens is 235 g/mol. The van der Waals surface area contributed by atoms with Crippen LogP contribution in [-0.4, -0.2) is 5.11 Å². The van der Waals surface area contributed by atoms with Crippen LogP contribution < -0.4 is 0 Å². The summed E-state index contributed by atoms with van der Waals surface area (Å²) >= 11 is 3.29. The van der Waals surface area contributed by atoms with Crippen molar-refractivity contribution in [3.8, 4) is 5.75 Å². The third kappa shape index (κ3) is 2.21. The molecule has 0 aliphatic heterocycles. The molecule has 0 fully saturated rings. The van der Waals surface area contributed by atoms with Crippen LogP contribution in [0.2, 0.25) is 0 Å². The van der Waals surface area contributed by atoms with Crippen molar-refractivity contribution < 1.29 is 9.50 Å². The van der Waals surface area contributed by atoms with Gasteiger partial charge in [-0.25, -0.2) is 4.39 Å². The van der Waals surface area contributed by atoms with Gasteiger partial charge in [0, 0.05) is 4.47 Å². The largest absolute Gasteiger partial charge is 0.505 e. The topological polar surface area (TPSA) is 20.2 Å². The van der Waals surface area contributed by atoms with Crippen molar-refractivity contribution in [2.75, 3.05) is 0 Å². The Morgan fingerprint density at radius 2 is 1.85 bits per heavy atom. The van der Waals surface area contributed by atoms with Crippen molar-refractivity contribution in [2.45, 2.75) is 26.2 Å².